The van der Waals surface area contributed by atoms with Gasteiger partial charge in [0.15, 0.2) is 0 Å². The van der Waals surface area contributed by atoms with Crippen molar-refractivity contribution in [2.45, 2.75) is 19.6 Å². The van der Waals surface area contributed by atoms with Crippen LogP contribution >= 0.6 is 0 Å². The Morgan fingerprint density at radius 2 is 1.78 bits per heavy atom. The molecule has 0 aliphatic carbocycles. The van der Waals surface area contributed by atoms with E-state index in [9.17, 15) is 13.6 Å². The molecule has 0 aliphatic heterocycles. The first-order valence-corrected chi connectivity index (χ1v) is 9.68. The topological polar surface area (TPSA) is 85.7 Å². The normalized spacial score (nSPS) is 11.1. The summed E-state index contributed by atoms with van der Waals surface area (Å²) in [6.45, 7) is -0.349. The number of hydrogen-bond acceptors (Lipinski definition) is 4. The molecular formula is C24H18F3NO4. The summed E-state index contributed by atoms with van der Waals surface area (Å²) in [7, 11) is 0. The smallest absolute Gasteiger partial charge is 0.307 e. The maximum absolute atomic E-state index is 15.1. The minimum Gasteiger partial charge on any atom is -0.488 e. The van der Waals surface area contributed by atoms with Crippen molar-refractivity contribution >= 4 is 16.9 Å². The second kappa shape index (κ2) is 8.76. The van der Waals surface area contributed by atoms with Gasteiger partial charge in [0.1, 0.15) is 35.4 Å². The first-order chi connectivity index (χ1) is 15.4. The average molecular weight is 441 g/mol. The van der Waals surface area contributed by atoms with Crippen molar-refractivity contribution in [3.8, 4) is 16.9 Å². The number of carboxylic acid groups (broad SMARTS) is 1. The van der Waals surface area contributed by atoms with Crippen LogP contribution in [-0.4, -0.2) is 11.1 Å². The van der Waals surface area contributed by atoms with Gasteiger partial charge in [-0.05, 0) is 18.2 Å². The number of fused-ring (bicyclic) bond motifs is 1. The van der Waals surface area contributed by atoms with Gasteiger partial charge in [-0.1, -0.05) is 24.3 Å². The van der Waals surface area contributed by atoms with E-state index in [0.29, 0.717) is 11.1 Å². The highest BCUT2D eigenvalue weighted by Gasteiger charge is 2.20. The van der Waals surface area contributed by atoms with Crippen LogP contribution in [0.4, 0.5) is 13.2 Å². The van der Waals surface area contributed by atoms with Crippen LogP contribution in [0.5, 0.6) is 5.75 Å². The van der Waals surface area contributed by atoms with E-state index in [1.165, 1.54) is 30.5 Å². The number of rotatable bonds is 7. The van der Waals surface area contributed by atoms with Crippen LogP contribution in [0, 0.1) is 17.5 Å². The van der Waals surface area contributed by atoms with Crippen LogP contribution in [0.3, 0.4) is 0 Å². The van der Waals surface area contributed by atoms with Gasteiger partial charge in [0.2, 0.25) is 0 Å². The monoisotopic (exact) mass is 441 g/mol. The van der Waals surface area contributed by atoms with Gasteiger partial charge in [0, 0.05) is 40.4 Å². The molecule has 0 bridgehead atoms. The fourth-order valence-corrected chi connectivity index (χ4v) is 3.54. The van der Waals surface area contributed by atoms with Gasteiger partial charge >= 0.3 is 5.97 Å². The molecule has 164 valence electrons. The largest absolute Gasteiger partial charge is 0.488 e. The fourth-order valence-electron chi connectivity index (χ4n) is 3.54. The lowest BCUT2D eigenvalue weighted by atomic mass is 9.97. The molecular weight excluding hydrogens is 423 g/mol. The summed E-state index contributed by atoms with van der Waals surface area (Å²) in [5.74, 6) is -2.94. The lowest BCUT2D eigenvalue weighted by molar-refractivity contribution is -0.136. The van der Waals surface area contributed by atoms with Gasteiger partial charge in [-0.25, -0.2) is 13.2 Å². The van der Waals surface area contributed by atoms with Crippen LogP contribution in [-0.2, 0) is 24.4 Å². The van der Waals surface area contributed by atoms with Crippen LogP contribution in [0.2, 0.25) is 0 Å². The zero-order valence-electron chi connectivity index (χ0n) is 16.7. The summed E-state index contributed by atoms with van der Waals surface area (Å²) in [5, 5.41) is 9.18. The molecule has 0 unspecified atom stereocenters. The van der Waals surface area contributed by atoms with E-state index in [1.807, 2.05) is 0 Å². The second-order valence-corrected chi connectivity index (χ2v) is 7.15. The molecule has 0 atom stereocenters. The van der Waals surface area contributed by atoms with Crippen molar-refractivity contribution < 1.29 is 32.2 Å². The first-order valence-electron chi connectivity index (χ1n) is 9.68. The Labute approximate surface area is 180 Å². The number of hydrogen-bond donors (Lipinski definition) is 2. The molecule has 32 heavy (non-hydrogen) atoms. The Morgan fingerprint density at radius 1 is 0.969 bits per heavy atom. The summed E-state index contributed by atoms with van der Waals surface area (Å²) < 4.78 is 54.8. The van der Waals surface area contributed by atoms with Gasteiger partial charge in [0.05, 0.1) is 18.1 Å². The number of halogens is 3. The molecule has 3 N–H and O–H groups in total. The molecule has 0 saturated heterocycles. The summed E-state index contributed by atoms with van der Waals surface area (Å²) in [5.41, 5.74) is 6.86. The van der Waals surface area contributed by atoms with Gasteiger partial charge < -0.3 is 20.0 Å². The Hall–Kier alpha value is -3.78. The van der Waals surface area contributed by atoms with Gasteiger partial charge in [0.25, 0.3) is 0 Å². The maximum Gasteiger partial charge on any atom is 0.307 e. The van der Waals surface area contributed by atoms with Crippen molar-refractivity contribution in [2.24, 2.45) is 5.73 Å². The highest BCUT2D eigenvalue weighted by atomic mass is 19.1. The van der Waals surface area contributed by atoms with Crippen LogP contribution in [0.25, 0.3) is 22.1 Å². The molecule has 1 aromatic heterocycles. The van der Waals surface area contributed by atoms with E-state index >= 15 is 4.39 Å². The number of nitrogens with two attached hydrogens (primary N) is 1. The van der Waals surface area contributed by atoms with Crippen molar-refractivity contribution in [3.63, 3.8) is 0 Å². The summed E-state index contributed by atoms with van der Waals surface area (Å²) in [6.07, 6.45) is 0.908. The highest BCUT2D eigenvalue weighted by Crippen LogP contribution is 2.36. The SMILES string of the molecule is NCc1cccc(-c2cc(COc3cc(F)ccc3CC(=O)O)c(F)c3ccoc23)c1F. The number of ether oxygens (including phenoxy) is 1. The lowest BCUT2D eigenvalue weighted by Gasteiger charge is -2.14. The zero-order chi connectivity index (χ0) is 22.8. The number of aliphatic carboxylic acids is 1. The van der Waals surface area contributed by atoms with Gasteiger partial charge in [-0.2, -0.15) is 0 Å². The van der Waals surface area contributed by atoms with Crippen molar-refractivity contribution in [1.82, 2.24) is 0 Å². The van der Waals surface area contributed by atoms with Crippen LogP contribution < -0.4 is 10.5 Å². The Balaban J connectivity index is 1.77. The standard InChI is InChI=1S/C24H18F3NO4/c25-16-5-4-13(9-21(29)30)20(10-16)32-12-15-8-19(24-18(23(15)27)6-7-31-24)17-3-1-2-14(11-28)22(17)26/h1-8,10H,9,11-12,28H2,(H,29,30). The molecule has 0 radical (unpaired) electrons. The van der Waals surface area contributed by atoms with Crippen molar-refractivity contribution in [1.29, 1.82) is 0 Å². The number of carboxylic acids is 1. The molecule has 8 heteroatoms. The molecule has 3 aromatic carbocycles. The molecule has 0 saturated carbocycles. The fraction of sp³-hybridized carbons (Fsp3) is 0.125. The zero-order valence-corrected chi connectivity index (χ0v) is 16.7. The third-order valence-electron chi connectivity index (χ3n) is 5.09. The number of carbonyl (C=O) groups is 1. The maximum atomic E-state index is 15.1. The molecule has 0 spiro atoms. The number of benzene rings is 3. The van der Waals surface area contributed by atoms with E-state index in [4.69, 9.17) is 20.0 Å². The van der Waals surface area contributed by atoms with Crippen LogP contribution in [0.15, 0.2) is 59.2 Å². The lowest BCUT2D eigenvalue weighted by Crippen LogP contribution is -2.06. The van der Waals surface area contributed by atoms with Crippen molar-refractivity contribution in [3.05, 3.63) is 88.9 Å². The molecule has 0 fully saturated rings. The molecule has 0 aliphatic rings. The van der Waals surface area contributed by atoms with E-state index in [0.717, 1.165) is 12.1 Å². The molecule has 0 amide bonds. The van der Waals surface area contributed by atoms with E-state index in [2.05, 4.69) is 0 Å². The Morgan fingerprint density at radius 3 is 2.53 bits per heavy atom. The summed E-state index contributed by atoms with van der Waals surface area (Å²) in [6, 6.07) is 11.0. The first kappa shape index (κ1) is 21.5. The van der Waals surface area contributed by atoms with Gasteiger partial charge in [-0.3, -0.25) is 4.79 Å². The minimum atomic E-state index is -1.12. The van der Waals surface area contributed by atoms with Crippen molar-refractivity contribution in [2.75, 3.05) is 0 Å². The third kappa shape index (κ3) is 4.04. The highest BCUT2D eigenvalue weighted by molar-refractivity contribution is 5.94. The summed E-state index contributed by atoms with van der Waals surface area (Å²) in [4.78, 5) is 11.1. The quantitative estimate of drug-likeness (QED) is 0.413. The second-order valence-electron chi connectivity index (χ2n) is 7.15. The molecule has 5 nitrogen and oxygen atoms in total. The van der Waals surface area contributed by atoms with E-state index < -0.39 is 23.4 Å². The Kier molecular flexibility index (Phi) is 5.87. The average Bonchev–Trinajstić information content (AvgIpc) is 3.26. The summed E-state index contributed by atoms with van der Waals surface area (Å²) >= 11 is 0. The predicted octanol–water partition coefficient (Wildman–Crippen LogP) is 5.18. The minimum absolute atomic E-state index is 0.00986. The predicted molar refractivity (Wildman–Crippen MR) is 112 cm³/mol. The molecule has 4 rings (SSSR count). The van der Waals surface area contributed by atoms with E-state index in [1.54, 1.807) is 12.1 Å². The molecule has 1 heterocycles. The Bertz CT molecular complexity index is 1320. The third-order valence-corrected chi connectivity index (χ3v) is 5.09. The number of furan rings is 1. The molecule has 4 aromatic rings. The van der Waals surface area contributed by atoms with Gasteiger partial charge in [-0.15, -0.1) is 0 Å². The van der Waals surface area contributed by atoms with Crippen LogP contribution in [0.1, 0.15) is 16.7 Å². The van der Waals surface area contributed by atoms with E-state index in [-0.39, 0.29) is 53.0 Å².